The number of anilines is 2. The molecule has 4 rings (SSSR count). The number of thioether (sulfide) groups is 1. The minimum absolute atomic E-state index is 0.119. The maximum Gasteiger partial charge on any atom is 0.265 e. The first kappa shape index (κ1) is 21.3. The third-order valence-electron chi connectivity index (χ3n) is 4.30. The minimum Gasteiger partial charge on any atom is -0.321 e. The van der Waals surface area contributed by atoms with E-state index in [0.29, 0.717) is 15.7 Å². The third-order valence-corrected chi connectivity index (χ3v) is 7.05. The van der Waals surface area contributed by atoms with Crippen molar-refractivity contribution in [2.45, 2.75) is 11.8 Å². The Labute approximate surface area is 192 Å². The Morgan fingerprint density at radius 1 is 1.00 bits per heavy atom. The van der Waals surface area contributed by atoms with E-state index in [4.69, 9.17) is 0 Å². The van der Waals surface area contributed by atoms with Crippen molar-refractivity contribution in [3.05, 3.63) is 81.9 Å². The molecule has 31 heavy (non-hydrogen) atoms. The van der Waals surface area contributed by atoms with Crippen molar-refractivity contribution in [2.75, 3.05) is 16.4 Å². The second kappa shape index (κ2) is 9.91. The smallest absolute Gasteiger partial charge is 0.265 e. The molecular formula is C23H19N3O2S3. The van der Waals surface area contributed by atoms with Gasteiger partial charge < -0.3 is 10.6 Å². The van der Waals surface area contributed by atoms with Crippen LogP contribution in [0.3, 0.4) is 0 Å². The van der Waals surface area contributed by atoms with Gasteiger partial charge in [0.2, 0.25) is 5.91 Å². The lowest BCUT2D eigenvalue weighted by Crippen LogP contribution is -2.14. The van der Waals surface area contributed by atoms with Crippen molar-refractivity contribution >= 4 is 57.1 Å². The number of carbonyl (C=O) groups is 2. The highest BCUT2D eigenvalue weighted by molar-refractivity contribution is 8.00. The van der Waals surface area contributed by atoms with Gasteiger partial charge in [-0.3, -0.25) is 9.59 Å². The molecule has 0 unspecified atom stereocenters. The molecule has 156 valence electrons. The predicted molar refractivity (Wildman–Crippen MR) is 130 cm³/mol. The number of amides is 2. The Kier molecular flexibility index (Phi) is 6.81. The monoisotopic (exact) mass is 465 g/mol. The molecule has 0 bridgehead atoms. The van der Waals surface area contributed by atoms with E-state index in [1.54, 1.807) is 6.07 Å². The SMILES string of the molecule is Cc1sc(NC(=O)CSc2cccc(NC(=O)c3cccs3)c2)nc1-c1ccccc1. The number of thiazole rings is 1. The predicted octanol–water partition coefficient (Wildman–Crippen LogP) is 6.16. The van der Waals surface area contributed by atoms with Gasteiger partial charge in [-0.05, 0) is 36.6 Å². The molecule has 0 spiro atoms. The van der Waals surface area contributed by atoms with Crippen LogP contribution in [0.4, 0.5) is 10.8 Å². The van der Waals surface area contributed by atoms with Crippen LogP contribution in [-0.2, 0) is 4.79 Å². The molecule has 5 nitrogen and oxygen atoms in total. The molecule has 0 aliphatic heterocycles. The lowest BCUT2D eigenvalue weighted by atomic mass is 10.1. The van der Waals surface area contributed by atoms with Gasteiger partial charge in [0.05, 0.1) is 16.3 Å². The molecule has 2 heterocycles. The van der Waals surface area contributed by atoms with Gasteiger partial charge in [0.25, 0.3) is 5.91 Å². The van der Waals surface area contributed by atoms with Crippen molar-refractivity contribution in [3.8, 4) is 11.3 Å². The summed E-state index contributed by atoms with van der Waals surface area (Å²) in [7, 11) is 0. The van der Waals surface area contributed by atoms with Crippen LogP contribution in [0.25, 0.3) is 11.3 Å². The Hall–Kier alpha value is -2.94. The first-order valence-corrected chi connectivity index (χ1v) is 12.2. The summed E-state index contributed by atoms with van der Waals surface area (Å²) in [6, 6.07) is 21.0. The summed E-state index contributed by atoms with van der Waals surface area (Å²) in [5.74, 6) is -0.00335. The molecule has 0 saturated heterocycles. The van der Waals surface area contributed by atoms with Crippen LogP contribution < -0.4 is 10.6 Å². The lowest BCUT2D eigenvalue weighted by Gasteiger charge is -2.06. The summed E-state index contributed by atoms with van der Waals surface area (Å²) in [5, 5.41) is 8.24. The fraction of sp³-hybridized carbons (Fsp3) is 0.0870. The normalized spacial score (nSPS) is 10.6. The van der Waals surface area contributed by atoms with Crippen LogP contribution >= 0.6 is 34.4 Å². The highest BCUT2D eigenvalue weighted by Crippen LogP contribution is 2.30. The number of benzene rings is 2. The second-order valence-corrected chi connectivity index (χ2v) is 9.79. The number of hydrogen-bond donors (Lipinski definition) is 2. The Bertz CT molecular complexity index is 1190. The zero-order valence-corrected chi connectivity index (χ0v) is 19.1. The number of rotatable bonds is 7. The molecule has 8 heteroatoms. The van der Waals surface area contributed by atoms with Crippen molar-refractivity contribution in [1.82, 2.24) is 4.98 Å². The average molecular weight is 466 g/mol. The number of hydrogen-bond acceptors (Lipinski definition) is 6. The zero-order chi connectivity index (χ0) is 21.6. The van der Waals surface area contributed by atoms with Crippen LogP contribution in [0, 0.1) is 6.92 Å². The number of aryl methyl sites for hydroxylation is 1. The van der Waals surface area contributed by atoms with Crippen LogP contribution in [0.5, 0.6) is 0 Å². The van der Waals surface area contributed by atoms with Gasteiger partial charge in [0.15, 0.2) is 5.13 Å². The first-order chi connectivity index (χ1) is 15.1. The molecule has 0 aliphatic rings. The minimum atomic E-state index is -0.136. The van der Waals surface area contributed by atoms with E-state index < -0.39 is 0 Å². The molecule has 2 amide bonds. The van der Waals surface area contributed by atoms with Gasteiger partial charge in [-0.25, -0.2) is 4.98 Å². The molecule has 0 saturated carbocycles. The fourth-order valence-electron chi connectivity index (χ4n) is 2.88. The second-order valence-electron chi connectivity index (χ2n) is 6.59. The van der Waals surface area contributed by atoms with E-state index >= 15 is 0 Å². The molecule has 0 fully saturated rings. The van der Waals surface area contributed by atoms with E-state index in [9.17, 15) is 9.59 Å². The zero-order valence-electron chi connectivity index (χ0n) is 16.6. The van der Waals surface area contributed by atoms with E-state index in [2.05, 4.69) is 15.6 Å². The van der Waals surface area contributed by atoms with E-state index in [1.165, 1.54) is 34.4 Å². The molecular weight excluding hydrogens is 446 g/mol. The number of thiophene rings is 1. The Balaban J connectivity index is 1.34. The van der Waals surface area contributed by atoms with Crippen molar-refractivity contribution in [1.29, 1.82) is 0 Å². The maximum absolute atomic E-state index is 12.4. The van der Waals surface area contributed by atoms with Gasteiger partial charge in [-0.2, -0.15) is 0 Å². The molecule has 0 aliphatic carbocycles. The Morgan fingerprint density at radius 2 is 1.84 bits per heavy atom. The van der Waals surface area contributed by atoms with Crippen LogP contribution in [0.2, 0.25) is 0 Å². The lowest BCUT2D eigenvalue weighted by molar-refractivity contribution is -0.113. The van der Waals surface area contributed by atoms with E-state index in [-0.39, 0.29) is 17.6 Å². The summed E-state index contributed by atoms with van der Waals surface area (Å²) >= 11 is 4.27. The molecule has 2 N–H and O–H groups in total. The molecule has 2 aromatic carbocycles. The maximum atomic E-state index is 12.4. The van der Waals surface area contributed by atoms with Crippen LogP contribution in [0.15, 0.2) is 77.0 Å². The van der Waals surface area contributed by atoms with Crippen LogP contribution in [0.1, 0.15) is 14.5 Å². The largest absolute Gasteiger partial charge is 0.321 e. The first-order valence-electron chi connectivity index (χ1n) is 9.49. The van der Waals surface area contributed by atoms with Gasteiger partial charge in [0, 0.05) is 21.0 Å². The fourth-order valence-corrected chi connectivity index (χ4v) is 5.11. The van der Waals surface area contributed by atoms with Gasteiger partial charge >= 0.3 is 0 Å². The summed E-state index contributed by atoms with van der Waals surface area (Å²) in [5.41, 5.74) is 2.63. The summed E-state index contributed by atoms with van der Waals surface area (Å²) in [6.45, 7) is 2.00. The molecule has 0 atom stereocenters. The average Bonchev–Trinajstić information content (AvgIpc) is 3.43. The van der Waals surface area contributed by atoms with Crippen molar-refractivity contribution in [3.63, 3.8) is 0 Å². The van der Waals surface area contributed by atoms with Crippen LogP contribution in [-0.4, -0.2) is 22.6 Å². The number of nitrogens with zero attached hydrogens (tertiary/aromatic N) is 1. The third kappa shape index (κ3) is 5.61. The quantitative estimate of drug-likeness (QED) is 0.321. The van der Waals surface area contributed by atoms with Gasteiger partial charge in [0.1, 0.15) is 0 Å². The number of nitrogens with one attached hydrogen (secondary N) is 2. The van der Waals surface area contributed by atoms with E-state index in [1.807, 2.05) is 73.0 Å². The molecule has 0 radical (unpaired) electrons. The summed E-state index contributed by atoms with van der Waals surface area (Å²) < 4.78 is 0. The van der Waals surface area contributed by atoms with Gasteiger partial charge in [-0.1, -0.05) is 42.5 Å². The highest BCUT2D eigenvalue weighted by atomic mass is 32.2. The van der Waals surface area contributed by atoms with E-state index in [0.717, 1.165) is 21.0 Å². The molecule has 2 aromatic heterocycles. The van der Waals surface area contributed by atoms with Gasteiger partial charge in [-0.15, -0.1) is 34.4 Å². The topological polar surface area (TPSA) is 71.1 Å². The van der Waals surface area contributed by atoms with Crippen molar-refractivity contribution < 1.29 is 9.59 Å². The standard InChI is InChI=1S/C23H19N3O2S3/c1-15-21(16-7-3-2-4-8-16)26-23(31-15)25-20(27)14-30-18-10-5-9-17(13-18)24-22(28)19-11-6-12-29-19/h2-13H,14H2,1H3,(H,24,28)(H,25,26,27). The van der Waals surface area contributed by atoms with Crippen molar-refractivity contribution in [2.24, 2.45) is 0 Å². The highest BCUT2D eigenvalue weighted by Gasteiger charge is 2.13. The summed E-state index contributed by atoms with van der Waals surface area (Å²) in [4.78, 5) is 31.8. The number of carbonyl (C=O) groups excluding carboxylic acids is 2. The Morgan fingerprint density at radius 3 is 2.61 bits per heavy atom. The molecule has 4 aromatic rings. The summed E-state index contributed by atoms with van der Waals surface area (Å²) in [6.07, 6.45) is 0. The number of aromatic nitrogens is 1.